The molecule has 3 rings (SSSR count). The molecule has 29 heavy (non-hydrogen) atoms. The van der Waals surface area contributed by atoms with E-state index < -0.39 is 11.9 Å². The third-order valence-electron chi connectivity index (χ3n) is 5.01. The fourth-order valence-electron chi connectivity index (χ4n) is 3.56. The van der Waals surface area contributed by atoms with Gasteiger partial charge >= 0.3 is 6.18 Å². The summed E-state index contributed by atoms with van der Waals surface area (Å²) in [6, 6.07) is 8.46. The molecule has 10 heteroatoms. The van der Waals surface area contributed by atoms with Gasteiger partial charge in [-0.15, -0.1) is 0 Å². The number of ether oxygens (including phenoxy) is 1. The largest absolute Gasteiger partial charge is 0.481 e. The molecule has 0 spiro atoms. The van der Waals surface area contributed by atoms with Gasteiger partial charge in [0.05, 0.1) is 7.11 Å². The van der Waals surface area contributed by atoms with Gasteiger partial charge in [0, 0.05) is 23.0 Å². The minimum atomic E-state index is -4.62. The number of rotatable bonds is 5. The second-order valence-corrected chi connectivity index (χ2v) is 7.77. The van der Waals surface area contributed by atoms with E-state index in [1.807, 2.05) is 24.3 Å². The maximum absolute atomic E-state index is 13.0. The van der Waals surface area contributed by atoms with Crippen LogP contribution in [0.2, 0.25) is 5.02 Å². The Morgan fingerprint density at radius 2 is 1.97 bits per heavy atom. The first-order valence-electron chi connectivity index (χ1n) is 9.03. The number of nitrogens with one attached hydrogen (secondary N) is 2. The number of thiocarbonyl (C=S) groups is 1. The minimum Gasteiger partial charge on any atom is -0.481 e. The van der Waals surface area contributed by atoms with E-state index in [2.05, 4.69) is 20.6 Å². The van der Waals surface area contributed by atoms with Crippen LogP contribution in [-0.4, -0.2) is 28.7 Å². The molecule has 0 aliphatic heterocycles. The SMILES string of the molecule is COc1cc(C(F)(F)F)nc(NC(=S)NCC2(c3cccc(Cl)c3)CCCC2)n1. The van der Waals surface area contributed by atoms with Crippen LogP contribution < -0.4 is 15.4 Å². The number of halogens is 4. The Morgan fingerprint density at radius 1 is 1.24 bits per heavy atom. The summed E-state index contributed by atoms with van der Waals surface area (Å²) in [5.41, 5.74) is -0.126. The van der Waals surface area contributed by atoms with E-state index in [0.29, 0.717) is 11.6 Å². The third kappa shape index (κ3) is 5.27. The summed E-state index contributed by atoms with van der Waals surface area (Å²) in [5, 5.41) is 6.53. The first kappa shape index (κ1) is 21.6. The Kier molecular flexibility index (Phi) is 6.48. The van der Waals surface area contributed by atoms with Gasteiger partial charge in [0.15, 0.2) is 10.8 Å². The summed E-state index contributed by atoms with van der Waals surface area (Å²) in [5.74, 6) is -0.485. The summed E-state index contributed by atoms with van der Waals surface area (Å²) in [6.45, 7) is 0.523. The van der Waals surface area contributed by atoms with E-state index in [9.17, 15) is 13.2 Å². The number of hydrogen-bond acceptors (Lipinski definition) is 4. The molecule has 0 atom stereocenters. The Labute approximate surface area is 177 Å². The fraction of sp³-hybridized carbons (Fsp3) is 0.421. The Hall–Kier alpha value is -2.13. The molecule has 156 valence electrons. The van der Waals surface area contributed by atoms with Crippen molar-refractivity contribution in [2.45, 2.75) is 37.3 Å². The Balaban J connectivity index is 1.72. The van der Waals surface area contributed by atoms with Crippen molar-refractivity contribution < 1.29 is 17.9 Å². The molecule has 1 aliphatic carbocycles. The number of alkyl halides is 3. The van der Waals surface area contributed by atoms with E-state index in [1.54, 1.807) is 0 Å². The van der Waals surface area contributed by atoms with Crippen molar-refractivity contribution in [3.63, 3.8) is 0 Å². The van der Waals surface area contributed by atoms with Crippen LogP contribution in [0.25, 0.3) is 0 Å². The van der Waals surface area contributed by atoms with E-state index in [-0.39, 0.29) is 22.4 Å². The van der Waals surface area contributed by atoms with Crippen LogP contribution in [0.5, 0.6) is 5.88 Å². The summed E-state index contributed by atoms with van der Waals surface area (Å²) < 4.78 is 43.9. The monoisotopic (exact) mass is 444 g/mol. The zero-order valence-corrected chi connectivity index (χ0v) is 17.2. The van der Waals surface area contributed by atoms with Crippen LogP contribution >= 0.6 is 23.8 Å². The van der Waals surface area contributed by atoms with Crippen LogP contribution in [0.4, 0.5) is 19.1 Å². The van der Waals surface area contributed by atoms with Crippen LogP contribution in [0.3, 0.4) is 0 Å². The lowest BCUT2D eigenvalue weighted by atomic mass is 9.79. The molecule has 1 aromatic heterocycles. The molecule has 0 amide bonds. The number of aromatic nitrogens is 2. The van der Waals surface area contributed by atoms with Gasteiger partial charge < -0.3 is 15.4 Å². The van der Waals surface area contributed by atoms with Crippen LogP contribution in [-0.2, 0) is 11.6 Å². The molecular formula is C19H20ClF3N4OS. The summed E-state index contributed by atoms with van der Waals surface area (Å²) in [6.07, 6.45) is -0.513. The highest BCUT2D eigenvalue weighted by Gasteiger charge is 2.36. The number of anilines is 1. The van der Waals surface area contributed by atoms with Crippen molar-refractivity contribution in [3.8, 4) is 5.88 Å². The highest BCUT2D eigenvalue weighted by atomic mass is 35.5. The van der Waals surface area contributed by atoms with Gasteiger partial charge in [-0.1, -0.05) is 36.6 Å². The highest BCUT2D eigenvalue weighted by Crippen LogP contribution is 2.41. The van der Waals surface area contributed by atoms with Crippen LogP contribution in [0.1, 0.15) is 36.9 Å². The molecular weight excluding hydrogens is 425 g/mol. The number of hydrogen-bond donors (Lipinski definition) is 2. The molecule has 2 N–H and O–H groups in total. The number of benzene rings is 1. The van der Waals surface area contributed by atoms with Gasteiger partial charge in [-0.2, -0.15) is 18.2 Å². The standard InChI is InChI=1S/C19H20ClF3N4OS/c1-28-15-10-14(19(21,22)23)25-16(26-15)27-17(29)24-11-18(7-2-3-8-18)12-5-4-6-13(20)9-12/h4-6,9-10H,2-3,7-8,11H2,1H3,(H2,24,25,26,27,29). The maximum Gasteiger partial charge on any atom is 0.433 e. The first-order chi connectivity index (χ1) is 13.7. The molecule has 1 fully saturated rings. The fourth-order valence-corrected chi connectivity index (χ4v) is 3.92. The van der Waals surface area contributed by atoms with E-state index in [1.165, 1.54) is 7.11 Å². The molecule has 1 heterocycles. The summed E-state index contributed by atoms with van der Waals surface area (Å²) in [4.78, 5) is 7.37. The molecule has 0 radical (unpaired) electrons. The van der Waals surface area contributed by atoms with E-state index in [4.69, 9.17) is 28.6 Å². The van der Waals surface area contributed by atoms with Crippen molar-refractivity contribution in [2.24, 2.45) is 0 Å². The van der Waals surface area contributed by atoms with Crippen molar-refractivity contribution in [2.75, 3.05) is 19.0 Å². The smallest absolute Gasteiger partial charge is 0.433 e. The average molecular weight is 445 g/mol. The zero-order chi connectivity index (χ0) is 21.1. The molecule has 0 saturated heterocycles. The molecule has 5 nitrogen and oxygen atoms in total. The summed E-state index contributed by atoms with van der Waals surface area (Å²) >= 11 is 11.4. The molecule has 2 aromatic rings. The predicted octanol–water partition coefficient (Wildman–Crippen LogP) is 4.96. The summed E-state index contributed by atoms with van der Waals surface area (Å²) in [7, 11) is 1.23. The predicted molar refractivity (Wildman–Crippen MR) is 109 cm³/mol. The topological polar surface area (TPSA) is 59.1 Å². The Morgan fingerprint density at radius 3 is 2.59 bits per heavy atom. The Bertz CT molecular complexity index is 888. The quantitative estimate of drug-likeness (QED) is 0.636. The number of methoxy groups -OCH3 is 1. The minimum absolute atomic E-state index is 0.136. The van der Waals surface area contributed by atoms with Crippen molar-refractivity contribution in [1.29, 1.82) is 0 Å². The van der Waals surface area contributed by atoms with Gasteiger partial charge in [-0.3, -0.25) is 0 Å². The van der Waals surface area contributed by atoms with Gasteiger partial charge in [0.25, 0.3) is 0 Å². The average Bonchev–Trinajstić information content (AvgIpc) is 3.16. The van der Waals surface area contributed by atoms with Crippen molar-refractivity contribution >= 4 is 34.9 Å². The van der Waals surface area contributed by atoms with E-state index >= 15 is 0 Å². The molecule has 0 unspecified atom stereocenters. The van der Waals surface area contributed by atoms with Crippen molar-refractivity contribution in [3.05, 3.63) is 46.6 Å². The van der Waals surface area contributed by atoms with Crippen LogP contribution in [0, 0.1) is 0 Å². The molecule has 0 bridgehead atoms. The zero-order valence-electron chi connectivity index (χ0n) is 15.6. The van der Waals surface area contributed by atoms with Gasteiger partial charge in [0.1, 0.15) is 0 Å². The third-order valence-corrected chi connectivity index (χ3v) is 5.49. The second kappa shape index (κ2) is 8.71. The molecule has 1 saturated carbocycles. The van der Waals surface area contributed by atoms with Crippen molar-refractivity contribution in [1.82, 2.24) is 15.3 Å². The van der Waals surface area contributed by atoms with Crippen LogP contribution in [0.15, 0.2) is 30.3 Å². The van der Waals surface area contributed by atoms with E-state index in [0.717, 1.165) is 37.3 Å². The molecule has 1 aliphatic rings. The lowest BCUT2D eigenvalue weighted by Crippen LogP contribution is -2.41. The first-order valence-corrected chi connectivity index (χ1v) is 9.82. The van der Waals surface area contributed by atoms with Gasteiger partial charge in [-0.25, -0.2) is 4.98 Å². The van der Waals surface area contributed by atoms with Gasteiger partial charge in [0.2, 0.25) is 11.8 Å². The maximum atomic E-state index is 13.0. The number of nitrogens with zero attached hydrogens (tertiary/aromatic N) is 2. The molecule has 1 aromatic carbocycles. The second-order valence-electron chi connectivity index (χ2n) is 6.92. The van der Waals surface area contributed by atoms with Gasteiger partial charge in [-0.05, 0) is 42.8 Å². The highest BCUT2D eigenvalue weighted by molar-refractivity contribution is 7.80. The lowest BCUT2D eigenvalue weighted by Gasteiger charge is -2.30. The lowest BCUT2D eigenvalue weighted by molar-refractivity contribution is -0.141. The normalized spacial score (nSPS) is 15.8.